The number of rotatable bonds is 1. The molecule has 1 aliphatic rings. The van der Waals surface area contributed by atoms with Gasteiger partial charge in [0.25, 0.3) is 0 Å². The monoisotopic (exact) mass is 205 g/mol. The van der Waals surface area contributed by atoms with Gasteiger partial charge in [-0.25, -0.2) is 0 Å². The van der Waals surface area contributed by atoms with Crippen LogP contribution < -0.4 is 0 Å². The Kier molecular flexibility index (Phi) is 2.76. The van der Waals surface area contributed by atoms with E-state index in [4.69, 9.17) is 10.00 Å². The number of ether oxygens (including phenoxy) is 1. The molecule has 2 atom stereocenters. The van der Waals surface area contributed by atoms with E-state index in [1.54, 1.807) is 0 Å². The van der Waals surface area contributed by atoms with Crippen LogP contribution in [0.25, 0.3) is 0 Å². The van der Waals surface area contributed by atoms with Gasteiger partial charge < -0.3 is 4.74 Å². The van der Waals surface area contributed by atoms with Gasteiger partial charge in [-0.3, -0.25) is 0 Å². The highest BCUT2D eigenvalue weighted by molar-refractivity contribution is 7.99. The van der Waals surface area contributed by atoms with E-state index in [2.05, 4.69) is 13.0 Å². The Morgan fingerprint density at radius 1 is 1.43 bits per heavy atom. The van der Waals surface area contributed by atoms with Crippen LogP contribution in [-0.2, 0) is 4.74 Å². The van der Waals surface area contributed by atoms with Crippen LogP contribution in [-0.4, -0.2) is 11.9 Å². The number of thioether (sulfide) groups is 1. The van der Waals surface area contributed by atoms with Crippen LogP contribution in [0.15, 0.2) is 24.3 Å². The minimum atomic E-state index is 0.151. The van der Waals surface area contributed by atoms with E-state index < -0.39 is 0 Å². The molecular weight excluding hydrogens is 194 g/mol. The quantitative estimate of drug-likeness (QED) is 0.706. The lowest BCUT2D eigenvalue weighted by atomic mass is 10.1. The fraction of sp³-hybridized carbons (Fsp3) is 0.364. The minimum Gasteiger partial charge on any atom is -0.359 e. The van der Waals surface area contributed by atoms with E-state index in [0.29, 0.717) is 11.7 Å². The second kappa shape index (κ2) is 4.04. The highest BCUT2D eigenvalue weighted by atomic mass is 32.2. The van der Waals surface area contributed by atoms with Crippen molar-refractivity contribution in [3.05, 3.63) is 35.4 Å². The molecule has 2 rings (SSSR count). The molecule has 0 bridgehead atoms. The lowest BCUT2D eigenvalue weighted by molar-refractivity contribution is 0.0789. The standard InChI is InChI=1S/C11H11NOS/c1-8-7-14-11(13-8)10-4-2-9(6-12)3-5-10/h2-5,8,11H,7H2,1H3/t8-,11-/m1/s1. The van der Waals surface area contributed by atoms with Crippen LogP contribution >= 0.6 is 11.8 Å². The number of nitriles is 1. The van der Waals surface area contributed by atoms with Gasteiger partial charge in [-0.05, 0) is 24.6 Å². The number of nitrogens with zero attached hydrogens (tertiary/aromatic N) is 1. The van der Waals surface area contributed by atoms with Crippen molar-refractivity contribution in [2.75, 3.05) is 5.75 Å². The first-order valence-electron chi connectivity index (χ1n) is 4.57. The van der Waals surface area contributed by atoms with E-state index in [-0.39, 0.29) is 5.44 Å². The van der Waals surface area contributed by atoms with Crippen LogP contribution in [0, 0.1) is 11.3 Å². The molecule has 1 aliphatic heterocycles. The zero-order valence-corrected chi connectivity index (χ0v) is 8.75. The van der Waals surface area contributed by atoms with Gasteiger partial charge in [0.2, 0.25) is 0 Å². The maximum Gasteiger partial charge on any atom is 0.128 e. The Morgan fingerprint density at radius 3 is 2.64 bits per heavy atom. The predicted octanol–water partition coefficient (Wildman–Crippen LogP) is 2.71. The zero-order chi connectivity index (χ0) is 9.97. The third-order valence-electron chi connectivity index (χ3n) is 2.15. The molecule has 2 nitrogen and oxygen atoms in total. The molecule has 0 aliphatic carbocycles. The second-order valence-corrected chi connectivity index (χ2v) is 4.44. The van der Waals surface area contributed by atoms with Crippen LogP contribution in [0.2, 0.25) is 0 Å². The maximum absolute atomic E-state index is 8.65. The average Bonchev–Trinajstić information content (AvgIpc) is 2.65. The Labute approximate surface area is 87.9 Å². The van der Waals surface area contributed by atoms with Crippen LogP contribution in [0.1, 0.15) is 23.5 Å². The molecule has 1 aromatic carbocycles. The van der Waals surface area contributed by atoms with Gasteiger partial charge in [0, 0.05) is 5.75 Å². The minimum absolute atomic E-state index is 0.151. The van der Waals surface area contributed by atoms with Gasteiger partial charge in [0.1, 0.15) is 5.44 Å². The number of hydrogen-bond acceptors (Lipinski definition) is 3. The van der Waals surface area contributed by atoms with E-state index >= 15 is 0 Å². The van der Waals surface area contributed by atoms with Crippen molar-refractivity contribution in [2.45, 2.75) is 18.5 Å². The summed E-state index contributed by atoms with van der Waals surface area (Å²) >= 11 is 1.81. The predicted molar refractivity (Wildman–Crippen MR) is 56.9 cm³/mol. The van der Waals surface area contributed by atoms with Crippen molar-refractivity contribution >= 4 is 11.8 Å². The fourth-order valence-electron chi connectivity index (χ4n) is 1.40. The summed E-state index contributed by atoms with van der Waals surface area (Å²) in [4.78, 5) is 0. The SMILES string of the molecule is C[C@@H]1CS[C@H](c2ccc(C#N)cc2)O1. The first-order valence-corrected chi connectivity index (χ1v) is 5.61. The number of benzene rings is 1. The van der Waals surface area contributed by atoms with Crippen molar-refractivity contribution in [3.8, 4) is 6.07 Å². The fourth-order valence-corrected chi connectivity index (χ4v) is 2.54. The molecule has 0 spiro atoms. The molecule has 1 saturated heterocycles. The summed E-state index contributed by atoms with van der Waals surface area (Å²) < 4.78 is 5.70. The van der Waals surface area contributed by atoms with E-state index in [9.17, 15) is 0 Å². The summed E-state index contributed by atoms with van der Waals surface area (Å²) in [5.74, 6) is 1.05. The van der Waals surface area contributed by atoms with Crippen molar-refractivity contribution in [1.29, 1.82) is 5.26 Å². The highest BCUT2D eigenvalue weighted by Crippen LogP contribution is 2.37. The molecule has 0 saturated carbocycles. The first-order chi connectivity index (χ1) is 6.79. The normalized spacial score (nSPS) is 26.0. The second-order valence-electron chi connectivity index (χ2n) is 3.35. The Hall–Kier alpha value is -0.980. The number of hydrogen-bond donors (Lipinski definition) is 0. The van der Waals surface area contributed by atoms with Gasteiger partial charge in [-0.2, -0.15) is 5.26 Å². The third kappa shape index (κ3) is 1.92. The first kappa shape index (κ1) is 9.57. The van der Waals surface area contributed by atoms with Gasteiger partial charge >= 0.3 is 0 Å². The highest BCUT2D eigenvalue weighted by Gasteiger charge is 2.23. The zero-order valence-electron chi connectivity index (χ0n) is 7.93. The molecule has 72 valence electrons. The van der Waals surface area contributed by atoms with E-state index in [1.165, 1.54) is 0 Å². The molecule has 0 unspecified atom stereocenters. The maximum atomic E-state index is 8.65. The molecule has 14 heavy (non-hydrogen) atoms. The average molecular weight is 205 g/mol. The van der Waals surface area contributed by atoms with Crippen molar-refractivity contribution < 1.29 is 4.74 Å². The molecule has 1 fully saturated rings. The summed E-state index contributed by atoms with van der Waals surface area (Å²) in [6.45, 7) is 2.08. The molecule has 0 radical (unpaired) electrons. The Bertz CT molecular complexity index is 355. The summed E-state index contributed by atoms with van der Waals surface area (Å²) in [5.41, 5.74) is 2.00. The summed E-state index contributed by atoms with van der Waals surface area (Å²) in [7, 11) is 0. The van der Waals surface area contributed by atoms with Crippen molar-refractivity contribution in [1.82, 2.24) is 0 Å². The van der Waals surface area contributed by atoms with Crippen LogP contribution in [0.5, 0.6) is 0 Å². The third-order valence-corrected chi connectivity index (χ3v) is 3.50. The lowest BCUT2D eigenvalue weighted by Gasteiger charge is -2.09. The lowest BCUT2D eigenvalue weighted by Crippen LogP contribution is -2.02. The molecule has 0 N–H and O–H groups in total. The molecule has 0 aromatic heterocycles. The summed E-state index contributed by atoms with van der Waals surface area (Å²) in [5, 5.41) is 8.65. The molecule has 1 aromatic rings. The van der Waals surface area contributed by atoms with E-state index in [0.717, 1.165) is 11.3 Å². The van der Waals surface area contributed by atoms with Gasteiger partial charge in [0.05, 0.1) is 17.7 Å². The molecule has 3 heteroatoms. The molecule has 0 amide bonds. The van der Waals surface area contributed by atoms with Gasteiger partial charge in [-0.1, -0.05) is 12.1 Å². The smallest absolute Gasteiger partial charge is 0.128 e. The summed E-state index contributed by atoms with van der Waals surface area (Å²) in [6.07, 6.45) is 0.334. The van der Waals surface area contributed by atoms with Crippen molar-refractivity contribution in [3.63, 3.8) is 0 Å². The van der Waals surface area contributed by atoms with Crippen molar-refractivity contribution in [2.24, 2.45) is 0 Å². The largest absolute Gasteiger partial charge is 0.359 e. The van der Waals surface area contributed by atoms with E-state index in [1.807, 2.05) is 36.0 Å². The molecule has 1 heterocycles. The topological polar surface area (TPSA) is 33.0 Å². The van der Waals surface area contributed by atoms with Gasteiger partial charge in [-0.15, -0.1) is 11.8 Å². The Balaban J connectivity index is 2.14. The molecular formula is C11H11NOS. The van der Waals surface area contributed by atoms with Crippen LogP contribution in [0.4, 0.5) is 0 Å². The van der Waals surface area contributed by atoms with Crippen LogP contribution in [0.3, 0.4) is 0 Å². The summed E-state index contributed by atoms with van der Waals surface area (Å²) in [6, 6.07) is 9.71. The Morgan fingerprint density at radius 2 is 2.14 bits per heavy atom. The van der Waals surface area contributed by atoms with Gasteiger partial charge in [0.15, 0.2) is 0 Å².